The molecule has 1 unspecified atom stereocenters. The quantitative estimate of drug-likeness (QED) is 0.790. The van der Waals surface area contributed by atoms with Crippen LogP contribution in [-0.4, -0.2) is 33.8 Å². The summed E-state index contributed by atoms with van der Waals surface area (Å²) in [5.74, 6) is 0.315. The van der Waals surface area contributed by atoms with Crippen LogP contribution in [0.1, 0.15) is 23.8 Å². The zero-order valence-electron chi connectivity index (χ0n) is 10.4. The van der Waals surface area contributed by atoms with Crippen molar-refractivity contribution in [2.24, 2.45) is 0 Å². The summed E-state index contributed by atoms with van der Waals surface area (Å²) >= 11 is 14.8. The number of hydrogen-bond donors (Lipinski definition) is 0. The minimum atomic E-state index is 0.315. The summed E-state index contributed by atoms with van der Waals surface area (Å²) in [6.45, 7) is 1.59. The van der Waals surface area contributed by atoms with E-state index in [0.717, 1.165) is 47.9 Å². The molecule has 0 saturated carbocycles. The predicted molar refractivity (Wildman–Crippen MR) is 82.9 cm³/mol. The molecule has 3 rings (SSSR count). The van der Waals surface area contributed by atoms with E-state index in [1.54, 1.807) is 11.3 Å². The van der Waals surface area contributed by atoms with Crippen LogP contribution in [0.25, 0.3) is 10.6 Å². The largest absolute Gasteiger partial charge is 0.345 e. The summed E-state index contributed by atoms with van der Waals surface area (Å²) in [6.07, 6.45) is 3.00. The first kappa shape index (κ1) is 14.3. The monoisotopic (exact) mass is 347 g/mol. The first-order valence-electron chi connectivity index (χ1n) is 6.15. The highest BCUT2D eigenvalue weighted by Crippen LogP contribution is 2.39. The van der Waals surface area contributed by atoms with Gasteiger partial charge in [-0.2, -0.15) is 4.37 Å². The van der Waals surface area contributed by atoms with E-state index in [4.69, 9.17) is 23.2 Å². The predicted octanol–water partition coefficient (Wildman–Crippen LogP) is 3.91. The second-order valence-electron chi connectivity index (χ2n) is 4.63. The summed E-state index contributed by atoms with van der Waals surface area (Å²) < 4.78 is 4.02. The fourth-order valence-electron chi connectivity index (χ4n) is 2.30. The molecule has 0 radical (unpaired) electrons. The van der Waals surface area contributed by atoms with Gasteiger partial charge in [0.2, 0.25) is 6.41 Å². The van der Waals surface area contributed by atoms with Gasteiger partial charge < -0.3 is 4.90 Å². The number of nitrogens with zero attached hydrogens (tertiary/aromatic N) is 3. The average Bonchev–Trinajstić information content (AvgIpc) is 3.07. The number of carbonyl (C=O) groups excluding carboxylic acids is 1. The maximum atomic E-state index is 10.9. The molecule has 8 heteroatoms. The van der Waals surface area contributed by atoms with E-state index in [-0.39, 0.29) is 0 Å². The molecular formula is C12H11Cl2N3OS2. The minimum absolute atomic E-state index is 0.315. The van der Waals surface area contributed by atoms with Crippen molar-refractivity contribution in [1.82, 2.24) is 14.3 Å². The highest BCUT2D eigenvalue weighted by molar-refractivity contribution is 7.12. The maximum Gasteiger partial charge on any atom is 0.209 e. The Bertz CT molecular complexity index is 628. The van der Waals surface area contributed by atoms with Crippen molar-refractivity contribution < 1.29 is 4.79 Å². The summed E-state index contributed by atoms with van der Waals surface area (Å²) in [5, 5.41) is 3.81. The lowest BCUT2D eigenvalue weighted by atomic mass is 9.99. The lowest BCUT2D eigenvalue weighted by Gasteiger charge is -2.28. The minimum Gasteiger partial charge on any atom is -0.345 e. The first-order valence-corrected chi connectivity index (χ1v) is 8.55. The molecule has 0 spiro atoms. The third kappa shape index (κ3) is 2.70. The van der Waals surface area contributed by atoms with Crippen molar-refractivity contribution >= 4 is 52.5 Å². The lowest BCUT2D eigenvalue weighted by Crippen LogP contribution is -2.33. The Kier molecular flexibility index (Phi) is 4.26. The smallest absolute Gasteiger partial charge is 0.209 e. The van der Waals surface area contributed by atoms with Gasteiger partial charge in [-0.05, 0) is 24.4 Å². The van der Waals surface area contributed by atoms with Crippen LogP contribution in [0.5, 0.6) is 0 Å². The van der Waals surface area contributed by atoms with Crippen LogP contribution >= 0.6 is 46.1 Å². The first-order chi connectivity index (χ1) is 9.69. The molecule has 0 bridgehead atoms. The molecule has 3 heterocycles. The molecule has 1 amide bonds. The Morgan fingerprint density at radius 1 is 1.45 bits per heavy atom. The Balaban J connectivity index is 1.83. The molecule has 1 fully saturated rings. The molecule has 4 nitrogen and oxygen atoms in total. The van der Waals surface area contributed by atoms with Gasteiger partial charge in [0.1, 0.15) is 0 Å². The molecule has 0 N–H and O–H groups in total. The topological polar surface area (TPSA) is 46.1 Å². The summed E-state index contributed by atoms with van der Waals surface area (Å²) in [6, 6.07) is 0. The fraction of sp³-hybridized carbons (Fsp3) is 0.417. The molecule has 0 aliphatic carbocycles. The van der Waals surface area contributed by atoms with E-state index in [2.05, 4.69) is 9.36 Å². The van der Waals surface area contributed by atoms with Gasteiger partial charge in [-0.15, -0.1) is 11.3 Å². The van der Waals surface area contributed by atoms with E-state index in [9.17, 15) is 4.79 Å². The van der Waals surface area contributed by atoms with E-state index < -0.39 is 0 Å². The third-order valence-corrected chi connectivity index (χ3v) is 6.13. The number of likely N-dealkylation sites (tertiary alicyclic amines) is 1. The van der Waals surface area contributed by atoms with Crippen LogP contribution in [0.4, 0.5) is 0 Å². The van der Waals surface area contributed by atoms with Gasteiger partial charge >= 0.3 is 0 Å². The second-order valence-corrected chi connectivity index (χ2v) is 7.03. The van der Waals surface area contributed by atoms with Crippen LogP contribution in [-0.2, 0) is 4.79 Å². The normalized spacial score (nSPS) is 19.3. The molecule has 106 valence electrons. The SMILES string of the molecule is O=CN1CCCC(c2nc(-c3snc(Cl)c3Cl)cs2)C1. The van der Waals surface area contributed by atoms with Gasteiger partial charge in [0.25, 0.3) is 0 Å². The number of aromatic nitrogens is 2. The van der Waals surface area contributed by atoms with E-state index >= 15 is 0 Å². The van der Waals surface area contributed by atoms with Crippen molar-refractivity contribution in [3.05, 3.63) is 20.6 Å². The number of amides is 1. The molecule has 1 aliphatic rings. The zero-order valence-corrected chi connectivity index (χ0v) is 13.5. The molecule has 2 aromatic rings. The molecule has 0 aromatic carbocycles. The van der Waals surface area contributed by atoms with Crippen molar-refractivity contribution in [1.29, 1.82) is 0 Å². The van der Waals surface area contributed by atoms with Gasteiger partial charge in [0.15, 0.2) is 5.15 Å². The third-order valence-electron chi connectivity index (χ3n) is 3.30. The van der Waals surface area contributed by atoms with Crippen molar-refractivity contribution in [3.63, 3.8) is 0 Å². The number of carbonyl (C=O) groups is 1. The molecule has 1 aliphatic heterocycles. The van der Waals surface area contributed by atoms with Crippen LogP contribution in [0.2, 0.25) is 10.2 Å². The number of thiazole rings is 1. The molecule has 1 saturated heterocycles. The number of halogens is 2. The average molecular weight is 348 g/mol. The Labute approximate surface area is 134 Å². The van der Waals surface area contributed by atoms with Crippen molar-refractivity contribution in [3.8, 4) is 10.6 Å². The van der Waals surface area contributed by atoms with Crippen molar-refractivity contribution in [2.45, 2.75) is 18.8 Å². The van der Waals surface area contributed by atoms with E-state index in [1.807, 2.05) is 10.3 Å². The number of piperidine rings is 1. The molecule has 20 heavy (non-hydrogen) atoms. The number of hydrogen-bond acceptors (Lipinski definition) is 5. The van der Waals surface area contributed by atoms with E-state index in [0.29, 0.717) is 16.1 Å². The highest BCUT2D eigenvalue weighted by atomic mass is 35.5. The van der Waals surface area contributed by atoms with Crippen LogP contribution in [0, 0.1) is 0 Å². The van der Waals surface area contributed by atoms with Crippen LogP contribution in [0.15, 0.2) is 5.38 Å². The Hall–Kier alpha value is -0.690. The molecular weight excluding hydrogens is 337 g/mol. The van der Waals surface area contributed by atoms with Crippen molar-refractivity contribution in [2.75, 3.05) is 13.1 Å². The molecule has 1 atom stereocenters. The number of rotatable bonds is 3. The summed E-state index contributed by atoms with van der Waals surface area (Å²) in [7, 11) is 0. The second kappa shape index (κ2) is 5.97. The van der Waals surface area contributed by atoms with Crippen LogP contribution in [0.3, 0.4) is 0 Å². The van der Waals surface area contributed by atoms with Gasteiger partial charge in [-0.3, -0.25) is 4.79 Å². The van der Waals surface area contributed by atoms with Crippen LogP contribution < -0.4 is 0 Å². The Morgan fingerprint density at radius 3 is 3.00 bits per heavy atom. The van der Waals surface area contributed by atoms with Gasteiger partial charge in [0, 0.05) is 24.4 Å². The molecule has 2 aromatic heterocycles. The van der Waals surface area contributed by atoms with E-state index in [1.165, 1.54) is 11.5 Å². The summed E-state index contributed by atoms with van der Waals surface area (Å²) in [5.41, 5.74) is 0.822. The highest BCUT2D eigenvalue weighted by Gasteiger charge is 2.24. The fourth-order valence-corrected chi connectivity index (χ4v) is 4.50. The van der Waals surface area contributed by atoms with Gasteiger partial charge in [-0.25, -0.2) is 4.98 Å². The van der Waals surface area contributed by atoms with Gasteiger partial charge in [-0.1, -0.05) is 23.2 Å². The summed E-state index contributed by atoms with van der Waals surface area (Å²) in [4.78, 5) is 18.2. The van der Waals surface area contributed by atoms with Gasteiger partial charge in [0.05, 0.1) is 20.6 Å². The standard InChI is InChI=1S/C12H11Cl2N3OS2/c13-9-10(20-16-11(9)14)8-5-19-12(15-8)7-2-1-3-17(4-7)6-18/h5-7H,1-4H2. The Morgan fingerprint density at radius 2 is 2.30 bits per heavy atom. The lowest BCUT2D eigenvalue weighted by molar-refractivity contribution is -0.119. The maximum absolute atomic E-state index is 10.9. The zero-order chi connectivity index (χ0) is 14.1.